The maximum Gasteiger partial charge on any atom is 0.230 e. The zero-order chi connectivity index (χ0) is 15.9. The average Bonchev–Trinajstić information content (AvgIpc) is 2.54. The summed E-state index contributed by atoms with van der Waals surface area (Å²) in [7, 11) is 1.64. The second-order valence-corrected chi connectivity index (χ2v) is 6.21. The van der Waals surface area contributed by atoms with Gasteiger partial charge < -0.3 is 10.1 Å². The summed E-state index contributed by atoms with van der Waals surface area (Å²) in [6.45, 7) is 4.04. The molecule has 0 saturated carbocycles. The van der Waals surface area contributed by atoms with Crippen molar-refractivity contribution in [3.63, 3.8) is 0 Å². The van der Waals surface area contributed by atoms with E-state index in [1.54, 1.807) is 18.9 Å². The number of carbonyl (C=O) groups excluding carboxylic acids is 1. The van der Waals surface area contributed by atoms with Gasteiger partial charge in [0.2, 0.25) is 5.91 Å². The van der Waals surface area contributed by atoms with E-state index in [0.29, 0.717) is 5.75 Å². The Hall–Kier alpha value is -1.94. The molecule has 1 N–H and O–H groups in total. The van der Waals surface area contributed by atoms with Crippen molar-refractivity contribution in [2.75, 3.05) is 12.9 Å². The molecule has 0 aliphatic heterocycles. The molecule has 0 aliphatic rings. The molecule has 1 atom stereocenters. The van der Waals surface area contributed by atoms with Crippen LogP contribution in [-0.4, -0.2) is 18.8 Å². The van der Waals surface area contributed by atoms with Crippen molar-refractivity contribution >= 4 is 17.7 Å². The van der Waals surface area contributed by atoms with Crippen molar-refractivity contribution in [1.29, 1.82) is 0 Å². The molecule has 0 unspecified atom stereocenters. The standard InChI is InChI=1S/C18H21NO2S/c1-13-4-10-17(11-5-13)22-12-18(20)19-14(2)15-6-8-16(21-3)9-7-15/h4-11,14H,12H2,1-3H3,(H,19,20)/t14-/m0/s1. The topological polar surface area (TPSA) is 38.3 Å². The first-order chi connectivity index (χ1) is 10.6. The van der Waals surface area contributed by atoms with Crippen LogP contribution in [0.15, 0.2) is 53.4 Å². The van der Waals surface area contributed by atoms with E-state index in [1.165, 1.54) is 5.56 Å². The molecule has 2 aromatic rings. The van der Waals surface area contributed by atoms with Crippen molar-refractivity contribution in [1.82, 2.24) is 5.32 Å². The Kier molecular flexibility index (Phi) is 5.90. The Bertz CT molecular complexity index is 608. The van der Waals surface area contributed by atoms with Crippen molar-refractivity contribution in [2.45, 2.75) is 24.8 Å². The third-order valence-electron chi connectivity index (χ3n) is 3.38. The molecule has 0 spiro atoms. The van der Waals surface area contributed by atoms with Crippen molar-refractivity contribution in [3.8, 4) is 5.75 Å². The maximum atomic E-state index is 12.0. The van der Waals surface area contributed by atoms with Gasteiger partial charge in [-0.25, -0.2) is 0 Å². The minimum Gasteiger partial charge on any atom is -0.497 e. The van der Waals surface area contributed by atoms with E-state index in [4.69, 9.17) is 4.74 Å². The first kappa shape index (κ1) is 16.4. The Morgan fingerprint density at radius 2 is 1.77 bits per heavy atom. The molecular weight excluding hydrogens is 294 g/mol. The highest BCUT2D eigenvalue weighted by Gasteiger charge is 2.10. The molecule has 1 amide bonds. The quantitative estimate of drug-likeness (QED) is 0.820. The fourth-order valence-corrected chi connectivity index (χ4v) is 2.75. The van der Waals surface area contributed by atoms with Gasteiger partial charge in [-0.1, -0.05) is 29.8 Å². The van der Waals surface area contributed by atoms with E-state index in [1.807, 2.05) is 43.3 Å². The predicted molar refractivity (Wildman–Crippen MR) is 91.5 cm³/mol. The van der Waals surface area contributed by atoms with E-state index in [-0.39, 0.29) is 11.9 Å². The average molecular weight is 315 g/mol. The zero-order valence-corrected chi connectivity index (χ0v) is 13.9. The van der Waals surface area contributed by atoms with Crippen LogP contribution in [0.3, 0.4) is 0 Å². The number of thioether (sulfide) groups is 1. The molecule has 116 valence electrons. The fraction of sp³-hybridized carbons (Fsp3) is 0.278. The summed E-state index contributed by atoms with van der Waals surface area (Å²) in [6, 6.07) is 15.9. The highest BCUT2D eigenvalue weighted by molar-refractivity contribution is 8.00. The lowest BCUT2D eigenvalue weighted by molar-refractivity contribution is -0.119. The molecule has 2 rings (SSSR count). The molecule has 3 nitrogen and oxygen atoms in total. The summed E-state index contributed by atoms with van der Waals surface area (Å²) >= 11 is 1.55. The van der Waals surface area contributed by atoms with Crippen molar-refractivity contribution < 1.29 is 9.53 Å². The lowest BCUT2D eigenvalue weighted by Crippen LogP contribution is -2.28. The van der Waals surface area contributed by atoms with Gasteiger partial charge in [0.05, 0.1) is 18.9 Å². The van der Waals surface area contributed by atoms with Gasteiger partial charge in [-0.05, 0) is 43.7 Å². The van der Waals surface area contributed by atoms with Gasteiger partial charge in [-0.15, -0.1) is 11.8 Å². The highest BCUT2D eigenvalue weighted by atomic mass is 32.2. The number of rotatable bonds is 6. The third kappa shape index (κ3) is 4.81. The van der Waals surface area contributed by atoms with Gasteiger partial charge >= 0.3 is 0 Å². The number of benzene rings is 2. The Labute approximate surface area is 136 Å². The SMILES string of the molecule is COc1ccc([C@H](C)NC(=O)CSc2ccc(C)cc2)cc1. The molecule has 2 aromatic carbocycles. The summed E-state index contributed by atoms with van der Waals surface area (Å²) < 4.78 is 5.14. The molecule has 0 aromatic heterocycles. The second kappa shape index (κ2) is 7.90. The number of aryl methyl sites for hydroxylation is 1. The van der Waals surface area contributed by atoms with Crippen LogP contribution in [0.4, 0.5) is 0 Å². The second-order valence-electron chi connectivity index (χ2n) is 5.16. The summed E-state index contributed by atoms with van der Waals surface area (Å²) in [5, 5.41) is 3.01. The smallest absolute Gasteiger partial charge is 0.230 e. The normalized spacial score (nSPS) is 11.8. The monoisotopic (exact) mass is 315 g/mol. The van der Waals surface area contributed by atoms with E-state index in [2.05, 4.69) is 24.4 Å². The molecule has 0 fully saturated rings. The van der Waals surface area contributed by atoms with E-state index in [0.717, 1.165) is 16.2 Å². The maximum absolute atomic E-state index is 12.0. The number of methoxy groups -OCH3 is 1. The Morgan fingerprint density at radius 3 is 2.36 bits per heavy atom. The zero-order valence-electron chi connectivity index (χ0n) is 13.1. The van der Waals surface area contributed by atoms with Crippen molar-refractivity contribution in [2.24, 2.45) is 0 Å². The number of carbonyl (C=O) groups is 1. The van der Waals surface area contributed by atoms with Crippen LogP contribution < -0.4 is 10.1 Å². The van der Waals surface area contributed by atoms with Gasteiger partial charge in [-0.2, -0.15) is 0 Å². The molecule has 0 radical (unpaired) electrons. The third-order valence-corrected chi connectivity index (χ3v) is 4.40. The van der Waals surface area contributed by atoms with Crippen molar-refractivity contribution in [3.05, 3.63) is 59.7 Å². The minimum atomic E-state index is -0.0166. The van der Waals surface area contributed by atoms with E-state index >= 15 is 0 Å². The first-order valence-corrected chi connectivity index (χ1v) is 8.20. The largest absolute Gasteiger partial charge is 0.497 e. The van der Waals surface area contributed by atoms with Gasteiger partial charge in [-0.3, -0.25) is 4.79 Å². The molecule has 0 aliphatic carbocycles. The molecule has 0 heterocycles. The molecule has 0 bridgehead atoms. The lowest BCUT2D eigenvalue weighted by Gasteiger charge is -2.14. The summed E-state index contributed by atoms with van der Waals surface area (Å²) in [5.41, 5.74) is 2.29. The van der Waals surface area contributed by atoms with Gasteiger partial charge in [0, 0.05) is 4.90 Å². The summed E-state index contributed by atoms with van der Waals surface area (Å²) in [5.74, 6) is 1.27. The lowest BCUT2D eigenvalue weighted by atomic mass is 10.1. The van der Waals surface area contributed by atoms with E-state index in [9.17, 15) is 4.79 Å². The summed E-state index contributed by atoms with van der Waals surface area (Å²) in [6.07, 6.45) is 0. The number of amides is 1. The van der Waals surface area contributed by atoms with Gasteiger partial charge in [0.15, 0.2) is 0 Å². The Morgan fingerprint density at radius 1 is 1.14 bits per heavy atom. The van der Waals surface area contributed by atoms with Crippen LogP contribution in [0, 0.1) is 6.92 Å². The molecule has 0 saturated heterocycles. The van der Waals surface area contributed by atoms with Crippen LogP contribution >= 0.6 is 11.8 Å². The van der Waals surface area contributed by atoms with Gasteiger partial charge in [0.1, 0.15) is 5.75 Å². The summed E-state index contributed by atoms with van der Waals surface area (Å²) in [4.78, 5) is 13.1. The van der Waals surface area contributed by atoms with Crippen LogP contribution in [0.25, 0.3) is 0 Å². The number of hydrogen-bond donors (Lipinski definition) is 1. The Balaban J connectivity index is 1.83. The van der Waals surface area contributed by atoms with Crippen LogP contribution in [0.5, 0.6) is 5.75 Å². The molecule has 22 heavy (non-hydrogen) atoms. The van der Waals surface area contributed by atoms with Crippen LogP contribution in [-0.2, 0) is 4.79 Å². The molecule has 4 heteroatoms. The fourth-order valence-electron chi connectivity index (χ4n) is 2.04. The molecular formula is C18H21NO2S. The number of hydrogen-bond acceptors (Lipinski definition) is 3. The predicted octanol–water partition coefficient (Wildman–Crippen LogP) is 3.97. The number of nitrogens with one attached hydrogen (secondary N) is 1. The first-order valence-electron chi connectivity index (χ1n) is 7.21. The van der Waals surface area contributed by atoms with Gasteiger partial charge in [0.25, 0.3) is 0 Å². The van der Waals surface area contributed by atoms with Crippen LogP contribution in [0.2, 0.25) is 0 Å². The van der Waals surface area contributed by atoms with E-state index < -0.39 is 0 Å². The highest BCUT2D eigenvalue weighted by Crippen LogP contribution is 2.20. The number of ether oxygens (including phenoxy) is 1. The van der Waals surface area contributed by atoms with Crippen LogP contribution in [0.1, 0.15) is 24.1 Å². The minimum absolute atomic E-state index is 0.0166.